The minimum atomic E-state index is -1.01. The number of aliphatic carboxylic acids is 1. The summed E-state index contributed by atoms with van der Waals surface area (Å²) in [5.74, 6) is -1.18. The van der Waals surface area contributed by atoms with E-state index in [1.807, 2.05) is 26.0 Å². The fourth-order valence-corrected chi connectivity index (χ4v) is 3.15. The van der Waals surface area contributed by atoms with Crippen molar-refractivity contribution in [2.45, 2.75) is 66.5 Å². The molecule has 0 radical (unpaired) electrons. The molecule has 2 rings (SSSR count). The van der Waals surface area contributed by atoms with Crippen molar-refractivity contribution in [2.24, 2.45) is 11.3 Å². The number of benzene rings is 1. The van der Waals surface area contributed by atoms with Crippen LogP contribution in [0.25, 0.3) is 0 Å². The van der Waals surface area contributed by atoms with Crippen LogP contribution in [0.2, 0.25) is 0 Å². The third kappa shape index (κ3) is 7.54. The molecule has 1 heterocycles. The summed E-state index contributed by atoms with van der Waals surface area (Å²) in [6.07, 6.45) is 5.42. The first-order valence-corrected chi connectivity index (χ1v) is 10.4. The average Bonchev–Trinajstić information content (AvgIpc) is 3.16. The summed E-state index contributed by atoms with van der Waals surface area (Å²) in [7, 11) is 0. The van der Waals surface area contributed by atoms with Crippen LogP contribution in [0.3, 0.4) is 0 Å². The lowest BCUT2D eigenvalue weighted by Crippen LogP contribution is -2.42. The van der Waals surface area contributed by atoms with Crippen LogP contribution in [0.4, 0.5) is 5.69 Å². The Morgan fingerprint density at radius 2 is 1.97 bits per heavy atom. The summed E-state index contributed by atoms with van der Waals surface area (Å²) in [5.41, 5.74) is 3.43. The van der Waals surface area contributed by atoms with E-state index in [1.54, 1.807) is 18.6 Å². The van der Waals surface area contributed by atoms with Crippen LogP contribution in [0.15, 0.2) is 30.7 Å². The van der Waals surface area contributed by atoms with Crippen LogP contribution in [0, 0.1) is 11.3 Å². The highest BCUT2D eigenvalue weighted by Crippen LogP contribution is 2.25. The van der Waals surface area contributed by atoms with E-state index in [2.05, 4.69) is 41.4 Å². The fourth-order valence-electron chi connectivity index (χ4n) is 3.15. The Bertz CT molecular complexity index is 839. The number of hydrogen-bond donors (Lipinski definition) is 4. The minimum Gasteiger partial charge on any atom is -0.480 e. The van der Waals surface area contributed by atoms with Crippen LogP contribution in [0.1, 0.15) is 69.1 Å². The highest BCUT2D eigenvalue weighted by atomic mass is 16.4. The number of carbonyl (C=O) groups excluding carboxylic acids is 1. The molecule has 0 aliphatic carbocycles. The third-order valence-electron chi connectivity index (χ3n) is 4.84. The van der Waals surface area contributed by atoms with Crippen molar-refractivity contribution in [3.05, 3.63) is 47.5 Å². The Balaban J connectivity index is 2.22. The second-order valence-corrected chi connectivity index (χ2v) is 9.36. The first-order valence-electron chi connectivity index (χ1n) is 10.4. The van der Waals surface area contributed by atoms with E-state index in [-0.39, 0.29) is 17.2 Å². The highest BCUT2D eigenvalue weighted by molar-refractivity contribution is 5.98. The molecule has 0 saturated heterocycles. The summed E-state index contributed by atoms with van der Waals surface area (Å²) >= 11 is 0. The van der Waals surface area contributed by atoms with Crippen molar-refractivity contribution in [3.63, 3.8) is 0 Å². The number of imidazole rings is 1. The maximum absolute atomic E-state index is 12.9. The predicted octanol–water partition coefficient (Wildman–Crippen LogP) is 4.23. The van der Waals surface area contributed by atoms with Crippen LogP contribution in [0.5, 0.6) is 0 Å². The van der Waals surface area contributed by atoms with Crippen molar-refractivity contribution in [1.29, 1.82) is 0 Å². The van der Waals surface area contributed by atoms with Crippen LogP contribution < -0.4 is 10.6 Å². The second-order valence-electron chi connectivity index (χ2n) is 9.36. The van der Waals surface area contributed by atoms with Crippen molar-refractivity contribution in [1.82, 2.24) is 15.3 Å². The SMILES string of the molecule is CC(C)CC(NC(=O)c1ccc(NCc2cnc[nH]2)cc1CCC(C)(C)C)C(=O)O. The van der Waals surface area contributed by atoms with Gasteiger partial charge in [0.15, 0.2) is 0 Å². The Labute approximate surface area is 178 Å². The number of hydrogen-bond acceptors (Lipinski definition) is 4. The Hall–Kier alpha value is -2.83. The first kappa shape index (κ1) is 23.4. The number of nitrogens with one attached hydrogen (secondary N) is 3. The van der Waals surface area contributed by atoms with Crippen molar-refractivity contribution >= 4 is 17.6 Å². The van der Waals surface area contributed by atoms with Gasteiger partial charge in [-0.25, -0.2) is 9.78 Å². The Kier molecular flexibility index (Phi) is 8.03. The predicted molar refractivity (Wildman–Crippen MR) is 118 cm³/mol. The molecule has 7 nitrogen and oxygen atoms in total. The molecule has 1 amide bonds. The molecule has 0 bridgehead atoms. The van der Waals surface area contributed by atoms with Gasteiger partial charge in [-0.1, -0.05) is 34.6 Å². The number of aromatic nitrogens is 2. The zero-order valence-corrected chi connectivity index (χ0v) is 18.6. The molecule has 30 heavy (non-hydrogen) atoms. The number of carboxylic acids is 1. The molecule has 0 spiro atoms. The lowest BCUT2D eigenvalue weighted by Gasteiger charge is -2.21. The normalized spacial score (nSPS) is 12.6. The fraction of sp³-hybridized carbons (Fsp3) is 0.522. The van der Waals surface area contributed by atoms with E-state index >= 15 is 0 Å². The minimum absolute atomic E-state index is 0.119. The van der Waals surface area contributed by atoms with Gasteiger partial charge in [0.2, 0.25) is 0 Å². The summed E-state index contributed by atoms with van der Waals surface area (Å²) in [6, 6.07) is 4.71. The number of aromatic amines is 1. The highest BCUT2D eigenvalue weighted by Gasteiger charge is 2.23. The molecular weight excluding hydrogens is 380 g/mol. The zero-order chi connectivity index (χ0) is 22.3. The lowest BCUT2D eigenvalue weighted by atomic mass is 9.87. The van der Waals surface area contributed by atoms with Gasteiger partial charge < -0.3 is 20.7 Å². The topological polar surface area (TPSA) is 107 Å². The van der Waals surface area contributed by atoms with Crippen LogP contribution in [-0.2, 0) is 17.8 Å². The molecule has 0 fully saturated rings. The number of aryl methyl sites for hydroxylation is 1. The molecular formula is C23H34N4O3. The summed E-state index contributed by atoms with van der Waals surface area (Å²) in [6.45, 7) is 11.0. The molecule has 0 saturated carbocycles. The van der Waals surface area contributed by atoms with Gasteiger partial charge in [0, 0.05) is 17.4 Å². The van der Waals surface area contributed by atoms with E-state index in [9.17, 15) is 14.7 Å². The molecule has 1 aromatic carbocycles. The van der Waals surface area contributed by atoms with E-state index in [4.69, 9.17) is 0 Å². The number of nitrogens with zero attached hydrogens (tertiary/aromatic N) is 1. The van der Waals surface area contributed by atoms with E-state index < -0.39 is 12.0 Å². The van der Waals surface area contributed by atoms with Gasteiger partial charge in [0.1, 0.15) is 6.04 Å². The Morgan fingerprint density at radius 1 is 1.23 bits per heavy atom. The van der Waals surface area contributed by atoms with Crippen molar-refractivity contribution < 1.29 is 14.7 Å². The first-order chi connectivity index (χ1) is 14.0. The van der Waals surface area contributed by atoms with Gasteiger partial charge in [-0.2, -0.15) is 0 Å². The largest absolute Gasteiger partial charge is 0.480 e. The molecule has 0 aliphatic rings. The number of rotatable bonds is 10. The van der Waals surface area contributed by atoms with Gasteiger partial charge in [-0.15, -0.1) is 0 Å². The van der Waals surface area contributed by atoms with Gasteiger partial charge in [0.25, 0.3) is 5.91 Å². The van der Waals surface area contributed by atoms with Gasteiger partial charge >= 0.3 is 5.97 Å². The summed E-state index contributed by atoms with van der Waals surface area (Å²) < 4.78 is 0. The van der Waals surface area contributed by atoms with E-state index in [0.29, 0.717) is 18.5 Å². The van der Waals surface area contributed by atoms with Crippen molar-refractivity contribution in [3.8, 4) is 0 Å². The smallest absolute Gasteiger partial charge is 0.326 e. The van der Waals surface area contributed by atoms with Crippen molar-refractivity contribution in [2.75, 3.05) is 5.32 Å². The molecule has 1 aromatic heterocycles. The quantitative estimate of drug-likeness (QED) is 0.465. The summed E-state index contributed by atoms with van der Waals surface area (Å²) in [4.78, 5) is 31.6. The van der Waals surface area contributed by atoms with Gasteiger partial charge in [-0.05, 0) is 54.4 Å². The number of H-pyrrole nitrogens is 1. The monoisotopic (exact) mass is 414 g/mol. The molecule has 4 N–H and O–H groups in total. The van der Waals surface area contributed by atoms with Crippen LogP contribution >= 0.6 is 0 Å². The Morgan fingerprint density at radius 3 is 2.53 bits per heavy atom. The molecule has 1 atom stereocenters. The van der Waals surface area contributed by atoms with Gasteiger partial charge in [-0.3, -0.25) is 4.79 Å². The molecule has 1 unspecified atom stereocenters. The average molecular weight is 415 g/mol. The third-order valence-corrected chi connectivity index (χ3v) is 4.84. The summed E-state index contributed by atoms with van der Waals surface area (Å²) in [5, 5.41) is 15.5. The van der Waals surface area contributed by atoms with E-state index in [1.165, 1.54) is 0 Å². The van der Waals surface area contributed by atoms with Gasteiger partial charge in [0.05, 0.1) is 18.6 Å². The maximum Gasteiger partial charge on any atom is 0.326 e. The molecule has 164 valence electrons. The zero-order valence-electron chi connectivity index (χ0n) is 18.6. The second kappa shape index (κ2) is 10.3. The lowest BCUT2D eigenvalue weighted by molar-refractivity contribution is -0.139. The number of amides is 1. The maximum atomic E-state index is 12.9. The molecule has 0 aliphatic heterocycles. The molecule has 2 aromatic rings. The van der Waals surface area contributed by atoms with Crippen LogP contribution in [-0.4, -0.2) is 33.0 Å². The molecule has 7 heteroatoms. The van der Waals surface area contributed by atoms with E-state index in [0.717, 1.165) is 29.8 Å². The standard InChI is InChI=1S/C23H34N4O3/c1-15(2)10-20(22(29)30)27-21(28)19-7-6-17(25-13-18-12-24-14-26-18)11-16(19)8-9-23(3,4)5/h6-7,11-12,14-15,20,25H,8-10,13H2,1-5H3,(H,24,26)(H,27,28)(H,29,30). The number of anilines is 1. The number of carboxylic acid groups (broad SMARTS) is 1. The number of carbonyl (C=O) groups is 2.